The lowest BCUT2D eigenvalue weighted by Gasteiger charge is -2.08. The molecule has 0 saturated heterocycles. The first kappa shape index (κ1) is 17.5. The summed E-state index contributed by atoms with van der Waals surface area (Å²) in [5.41, 5.74) is 1.09. The molecule has 0 unspecified atom stereocenters. The summed E-state index contributed by atoms with van der Waals surface area (Å²) < 4.78 is 15.8. The van der Waals surface area contributed by atoms with Crippen LogP contribution in [0.25, 0.3) is 11.0 Å². The highest BCUT2D eigenvalue weighted by molar-refractivity contribution is 5.93. The number of esters is 1. The van der Waals surface area contributed by atoms with Crippen LogP contribution in [0.15, 0.2) is 44.0 Å². The quantitative estimate of drug-likeness (QED) is 0.569. The number of anilines is 1. The maximum absolute atomic E-state index is 12.2. The number of fused-ring (bicyclic) bond motifs is 1. The Morgan fingerprint density at radius 2 is 1.88 bits per heavy atom. The van der Waals surface area contributed by atoms with E-state index in [1.54, 1.807) is 38.1 Å². The topological polar surface area (TPSA) is 98.7 Å². The van der Waals surface area contributed by atoms with E-state index >= 15 is 0 Å². The normalized spacial score (nSPS) is 10.7. The van der Waals surface area contributed by atoms with Crippen LogP contribution in [0.4, 0.5) is 5.69 Å². The van der Waals surface area contributed by atoms with Crippen LogP contribution >= 0.6 is 0 Å². The number of aryl methyl sites for hydroxylation is 2. The van der Waals surface area contributed by atoms with E-state index in [9.17, 15) is 14.4 Å². The average Bonchev–Trinajstić information content (AvgIpc) is 2.89. The van der Waals surface area contributed by atoms with Gasteiger partial charge in [-0.25, -0.2) is 9.59 Å². The molecule has 1 N–H and O–H groups in total. The van der Waals surface area contributed by atoms with Crippen LogP contribution in [0.2, 0.25) is 0 Å². The lowest BCUT2D eigenvalue weighted by molar-refractivity contribution is -0.114. The summed E-state index contributed by atoms with van der Waals surface area (Å²) in [6.07, 6.45) is 0. The Morgan fingerprint density at radius 1 is 1.12 bits per heavy atom. The fourth-order valence-electron chi connectivity index (χ4n) is 2.68. The highest BCUT2D eigenvalue weighted by atomic mass is 16.5. The maximum Gasteiger partial charge on any atom is 0.342 e. The molecule has 0 aliphatic rings. The number of nitrogens with one attached hydrogen (secondary N) is 1. The van der Waals surface area contributed by atoms with Crippen molar-refractivity contribution >= 4 is 28.5 Å². The highest BCUT2D eigenvalue weighted by Gasteiger charge is 2.16. The van der Waals surface area contributed by atoms with Gasteiger partial charge in [0.1, 0.15) is 29.3 Å². The molecule has 1 amide bonds. The van der Waals surface area contributed by atoms with E-state index in [4.69, 9.17) is 13.6 Å². The molecule has 134 valence electrons. The van der Waals surface area contributed by atoms with Gasteiger partial charge >= 0.3 is 11.6 Å². The van der Waals surface area contributed by atoms with Crippen molar-refractivity contribution in [2.75, 3.05) is 5.32 Å². The molecule has 7 nitrogen and oxygen atoms in total. The third-order valence-electron chi connectivity index (χ3n) is 3.77. The first-order valence-electron chi connectivity index (χ1n) is 7.92. The first-order chi connectivity index (χ1) is 12.3. The predicted octanol–water partition coefficient (Wildman–Crippen LogP) is 3.32. The Kier molecular flexibility index (Phi) is 4.62. The van der Waals surface area contributed by atoms with E-state index in [1.807, 2.05) is 0 Å². The van der Waals surface area contributed by atoms with Crippen LogP contribution in [0, 0.1) is 13.8 Å². The minimum absolute atomic E-state index is 0.0932. The second kappa shape index (κ2) is 6.87. The van der Waals surface area contributed by atoms with Crippen molar-refractivity contribution in [2.24, 2.45) is 0 Å². The molecule has 3 aromatic rings. The molecule has 0 aliphatic heterocycles. The number of carbonyl (C=O) groups excluding carboxylic acids is 2. The zero-order chi connectivity index (χ0) is 18.8. The summed E-state index contributed by atoms with van der Waals surface area (Å²) in [6.45, 7) is 4.71. The Labute approximate surface area is 148 Å². The largest absolute Gasteiger partial charge is 0.466 e. The van der Waals surface area contributed by atoms with Gasteiger partial charge in [-0.15, -0.1) is 0 Å². The second-order valence-corrected chi connectivity index (χ2v) is 5.89. The molecule has 2 aromatic heterocycles. The monoisotopic (exact) mass is 355 g/mol. The minimum Gasteiger partial charge on any atom is -0.466 e. The zero-order valence-electron chi connectivity index (χ0n) is 14.5. The molecule has 0 aliphatic carbocycles. The third kappa shape index (κ3) is 3.66. The smallest absolute Gasteiger partial charge is 0.342 e. The van der Waals surface area contributed by atoms with E-state index in [-0.39, 0.29) is 12.5 Å². The summed E-state index contributed by atoms with van der Waals surface area (Å²) in [7, 11) is 0. The van der Waals surface area contributed by atoms with Gasteiger partial charge in [-0.3, -0.25) is 4.79 Å². The minimum atomic E-state index is -0.570. The Bertz CT molecular complexity index is 1060. The number of amides is 1. The number of hydrogen-bond donors (Lipinski definition) is 1. The van der Waals surface area contributed by atoms with Crippen LogP contribution in [0.3, 0.4) is 0 Å². The second-order valence-electron chi connectivity index (χ2n) is 5.89. The summed E-state index contributed by atoms with van der Waals surface area (Å²) in [4.78, 5) is 35.2. The molecule has 26 heavy (non-hydrogen) atoms. The lowest BCUT2D eigenvalue weighted by atomic mass is 10.1. The number of benzene rings is 1. The summed E-state index contributed by atoms with van der Waals surface area (Å²) in [6, 6.07) is 7.81. The number of hydrogen-bond acceptors (Lipinski definition) is 6. The summed E-state index contributed by atoms with van der Waals surface area (Å²) in [5, 5.41) is 3.24. The molecule has 0 fully saturated rings. The van der Waals surface area contributed by atoms with Gasteiger partial charge in [-0.2, -0.15) is 0 Å². The number of carbonyl (C=O) groups is 2. The molecule has 0 radical (unpaired) electrons. The van der Waals surface area contributed by atoms with E-state index < -0.39 is 11.6 Å². The Balaban J connectivity index is 1.87. The highest BCUT2D eigenvalue weighted by Crippen LogP contribution is 2.23. The Morgan fingerprint density at radius 3 is 2.54 bits per heavy atom. The van der Waals surface area contributed by atoms with Crippen molar-refractivity contribution < 1.29 is 23.2 Å². The van der Waals surface area contributed by atoms with E-state index in [2.05, 4.69) is 5.32 Å². The first-order valence-corrected chi connectivity index (χ1v) is 7.92. The van der Waals surface area contributed by atoms with Gasteiger partial charge in [-0.05, 0) is 32.0 Å². The van der Waals surface area contributed by atoms with Crippen molar-refractivity contribution in [3.05, 3.63) is 63.4 Å². The maximum atomic E-state index is 12.2. The van der Waals surface area contributed by atoms with Gasteiger partial charge in [0, 0.05) is 35.7 Å². The van der Waals surface area contributed by atoms with Crippen LogP contribution in [-0.4, -0.2) is 11.9 Å². The Hall–Kier alpha value is -3.35. The van der Waals surface area contributed by atoms with Crippen LogP contribution in [-0.2, 0) is 16.1 Å². The number of furan rings is 1. The predicted molar refractivity (Wildman–Crippen MR) is 94.1 cm³/mol. The van der Waals surface area contributed by atoms with Gasteiger partial charge in [0.25, 0.3) is 0 Å². The lowest BCUT2D eigenvalue weighted by Crippen LogP contribution is -2.09. The summed E-state index contributed by atoms with van der Waals surface area (Å²) >= 11 is 0. The van der Waals surface area contributed by atoms with Crippen molar-refractivity contribution in [3.63, 3.8) is 0 Å². The molecule has 0 spiro atoms. The van der Waals surface area contributed by atoms with Gasteiger partial charge in [0.2, 0.25) is 5.91 Å². The van der Waals surface area contributed by atoms with Crippen LogP contribution in [0.1, 0.15) is 34.4 Å². The van der Waals surface area contributed by atoms with E-state index in [0.717, 1.165) is 0 Å². The fourth-order valence-corrected chi connectivity index (χ4v) is 2.68. The number of ether oxygens (including phenoxy) is 1. The molecule has 0 saturated carbocycles. The van der Waals surface area contributed by atoms with Crippen LogP contribution < -0.4 is 10.9 Å². The SMILES string of the molecule is CC(=O)Nc1ccc2c(COC(=O)c3cc(C)oc3C)cc(=O)oc2c1. The molecule has 0 atom stereocenters. The molecule has 1 aromatic carbocycles. The molecule has 0 bridgehead atoms. The van der Waals surface area contributed by atoms with Crippen LogP contribution in [0.5, 0.6) is 0 Å². The molecule has 3 rings (SSSR count). The standard InChI is InChI=1S/C19H17NO6/c1-10-6-16(11(2)25-10)19(23)24-9-13-7-18(22)26-17-8-14(20-12(3)21)4-5-15(13)17/h4-8H,9H2,1-3H3,(H,20,21). The van der Waals surface area contributed by atoms with Gasteiger partial charge in [0.15, 0.2) is 0 Å². The molecule has 7 heteroatoms. The van der Waals surface area contributed by atoms with Crippen molar-refractivity contribution in [3.8, 4) is 0 Å². The molecular weight excluding hydrogens is 338 g/mol. The van der Waals surface area contributed by atoms with Gasteiger partial charge in [0.05, 0.1) is 0 Å². The zero-order valence-corrected chi connectivity index (χ0v) is 14.5. The molecule has 2 heterocycles. The number of rotatable bonds is 4. The van der Waals surface area contributed by atoms with Crippen molar-refractivity contribution in [1.29, 1.82) is 0 Å². The van der Waals surface area contributed by atoms with Crippen molar-refractivity contribution in [2.45, 2.75) is 27.4 Å². The average molecular weight is 355 g/mol. The van der Waals surface area contributed by atoms with E-state index in [1.165, 1.54) is 13.0 Å². The van der Waals surface area contributed by atoms with Gasteiger partial charge < -0.3 is 18.9 Å². The molecular formula is C19H17NO6. The van der Waals surface area contributed by atoms with Crippen molar-refractivity contribution in [1.82, 2.24) is 0 Å². The summed E-state index contributed by atoms with van der Waals surface area (Å²) in [5.74, 6) is 0.328. The fraction of sp³-hybridized carbons (Fsp3) is 0.211. The van der Waals surface area contributed by atoms with E-state index in [0.29, 0.717) is 39.3 Å². The third-order valence-corrected chi connectivity index (χ3v) is 3.77. The van der Waals surface area contributed by atoms with Gasteiger partial charge in [-0.1, -0.05) is 0 Å².